The number of rotatable bonds is 9. The maximum atomic E-state index is 12.0. The molecule has 1 rings (SSSR count). The summed E-state index contributed by atoms with van der Waals surface area (Å²) >= 11 is 0. The minimum absolute atomic E-state index is 0.0340. The van der Waals surface area contributed by atoms with E-state index in [1.54, 1.807) is 0 Å². The zero-order chi connectivity index (χ0) is 18.9. The third kappa shape index (κ3) is 9.48. The van der Waals surface area contributed by atoms with Gasteiger partial charge in [0.25, 0.3) is 0 Å². The highest BCUT2D eigenvalue weighted by Gasteiger charge is 2.39. The number of amides is 2. The second-order valence-electron chi connectivity index (χ2n) is 8.16. The number of hydrogen-bond donors (Lipinski definition) is 3. The van der Waals surface area contributed by atoms with Crippen LogP contribution in [0.25, 0.3) is 0 Å². The van der Waals surface area contributed by atoms with E-state index in [1.165, 1.54) is 6.08 Å². The number of carbonyl (C=O) groups excluding carboxylic acids is 2. The molecule has 0 aromatic heterocycles. The van der Waals surface area contributed by atoms with E-state index in [4.69, 9.17) is 4.74 Å². The Balaban J connectivity index is 2.11. The molecule has 1 saturated heterocycles. The Morgan fingerprint density at radius 1 is 1.04 bits per heavy atom. The molecule has 0 spiro atoms. The monoisotopic (exact) mass is 353 g/mol. The highest BCUT2D eigenvalue weighted by Crippen LogP contribution is 2.30. The zero-order valence-corrected chi connectivity index (χ0v) is 16.2. The minimum atomic E-state index is -0.322. The fraction of sp³-hybridized carbons (Fsp3) is 0.789. The largest absolute Gasteiger partial charge is 0.446 e. The zero-order valence-electron chi connectivity index (χ0n) is 16.2. The smallest absolute Gasteiger partial charge is 0.407 e. The van der Waals surface area contributed by atoms with Gasteiger partial charge in [0.2, 0.25) is 5.91 Å². The van der Waals surface area contributed by atoms with Crippen LogP contribution in [0.3, 0.4) is 0 Å². The lowest BCUT2D eigenvalue weighted by atomic mass is 9.81. The van der Waals surface area contributed by atoms with Crippen molar-refractivity contribution in [1.82, 2.24) is 16.0 Å². The number of carbonyl (C=O) groups is 2. The Kier molecular flexibility index (Phi) is 8.42. The van der Waals surface area contributed by atoms with Gasteiger partial charge in [-0.15, -0.1) is 0 Å². The van der Waals surface area contributed by atoms with E-state index in [0.29, 0.717) is 13.1 Å². The number of unbranched alkanes of at least 4 members (excludes halogenated alkanes) is 3. The number of hydrogen-bond acceptors (Lipinski definition) is 4. The number of alkyl carbamates (subject to hydrolysis) is 1. The van der Waals surface area contributed by atoms with Crippen LogP contribution in [0.15, 0.2) is 12.7 Å². The van der Waals surface area contributed by atoms with E-state index in [-0.39, 0.29) is 29.2 Å². The van der Waals surface area contributed by atoms with E-state index in [1.807, 2.05) is 0 Å². The molecule has 3 N–H and O–H groups in total. The van der Waals surface area contributed by atoms with Crippen molar-refractivity contribution < 1.29 is 14.3 Å². The molecular weight excluding hydrogens is 318 g/mol. The summed E-state index contributed by atoms with van der Waals surface area (Å²) in [6, 6.07) is 0. The van der Waals surface area contributed by atoms with Crippen LogP contribution in [-0.4, -0.2) is 42.3 Å². The van der Waals surface area contributed by atoms with Gasteiger partial charge in [0.05, 0.1) is 0 Å². The van der Waals surface area contributed by atoms with E-state index in [0.717, 1.165) is 38.5 Å². The first-order valence-corrected chi connectivity index (χ1v) is 9.28. The highest BCUT2D eigenvalue weighted by molar-refractivity contribution is 5.86. The van der Waals surface area contributed by atoms with Crippen molar-refractivity contribution in [3.63, 3.8) is 0 Å². The number of piperidine rings is 1. The van der Waals surface area contributed by atoms with Crippen molar-refractivity contribution in [1.29, 1.82) is 0 Å². The lowest BCUT2D eigenvalue weighted by Crippen LogP contribution is -2.60. The lowest BCUT2D eigenvalue weighted by molar-refractivity contribution is -0.116. The second-order valence-corrected chi connectivity index (χ2v) is 8.16. The van der Waals surface area contributed by atoms with E-state index in [9.17, 15) is 9.59 Å². The van der Waals surface area contributed by atoms with Crippen LogP contribution in [0.1, 0.15) is 66.2 Å². The van der Waals surface area contributed by atoms with Gasteiger partial charge in [-0.1, -0.05) is 19.4 Å². The first kappa shape index (κ1) is 21.5. The molecule has 0 radical (unpaired) electrons. The van der Waals surface area contributed by atoms with Crippen molar-refractivity contribution in [2.45, 2.75) is 83.4 Å². The highest BCUT2D eigenvalue weighted by atomic mass is 16.6. The number of ether oxygens (including phenoxy) is 1. The van der Waals surface area contributed by atoms with Crippen LogP contribution in [-0.2, 0) is 9.53 Å². The van der Waals surface area contributed by atoms with Gasteiger partial charge in [0.1, 0.15) is 6.10 Å². The predicted octanol–water partition coefficient (Wildman–Crippen LogP) is 2.88. The van der Waals surface area contributed by atoms with Gasteiger partial charge in [0.15, 0.2) is 0 Å². The molecule has 0 bridgehead atoms. The summed E-state index contributed by atoms with van der Waals surface area (Å²) in [6.07, 6.45) is 6.41. The van der Waals surface area contributed by atoms with E-state index in [2.05, 4.69) is 50.2 Å². The maximum Gasteiger partial charge on any atom is 0.407 e. The van der Waals surface area contributed by atoms with Crippen molar-refractivity contribution in [3.8, 4) is 0 Å². The lowest BCUT2D eigenvalue weighted by Gasteiger charge is -2.45. The molecule has 25 heavy (non-hydrogen) atoms. The average molecular weight is 354 g/mol. The Bertz CT molecular complexity index is 445. The molecule has 1 aliphatic heterocycles. The molecule has 0 atom stereocenters. The van der Waals surface area contributed by atoms with Crippen molar-refractivity contribution in [2.24, 2.45) is 0 Å². The normalized spacial score (nSPS) is 19.0. The molecule has 6 heteroatoms. The molecule has 0 saturated carbocycles. The predicted molar refractivity (Wildman–Crippen MR) is 100 cm³/mol. The van der Waals surface area contributed by atoms with Crippen LogP contribution in [0, 0.1) is 0 Å². The van der Waals surface area contributed by atoms with Gasteiger partial charge in [-0.05, 0) is 46.6 Å². The van der Waals surface area contributed by atoms with Crippen LogP contribution in [0.5, 0.6) is 0 Å². The summed E-state index contributed by atoms with van der Waals surface area (Å²) in [4.78, 5) is 22.9. The Labute approximate surface area is 152 Å². The molecule has 144 valence electrons. The first-order chi connectivity index (χ1) is 11.6. The summed E-state index contributed by atoms with van der Waals surface area (Å²) in [5, 5.41) is 9.17. The molecule has 0 aromatic carbocycles. The molecule has 6 nitrogen and oxygen atoms in total. The third-order valence-electron chi connectivity index (χ3n) is 4.28. The summed E-state index contributed by atoms with van der Waals surface area (Å²) in [7, 11) is 0. The fourth-order valence-corrected chi connectivity index (χ4v) is 3.58. The summed E-state index contributed by atoms with van der Waals surface area (Å²) in [5.74, 6) is -0.131. The Morgan fingerprint density at radius 2 is 1.56 bits per heavy atom. The molecule has 1 aliphatic rings. The number of nitrogens with one attached hydrogen (secondary N) is 3. The first-order valence-electron chi connectivity index (χ1n) is 9.28. The molecule has 1 fully saturated rings. The third-order valence-corrected chi connectivity index (χ3v) is 4.28. The molecule has 2 amide bonds. The summed E-state index contributed by atoms with van der Waals surface area (Å²) < 4.78 is 5.60. The molecule has 0 unspecified atom stereocenters. The maximum absolute atomic E-state index is 12.0. The quantitative estimate of drug-likeness (QED) is 0.440. The van der Waals surface area contributed by atoms with Gasteiger partial charge in [-0.25, -0.2) is 4.79 Å². The van der Waals surface area contributed by atoms with Crippen LogP contribution in [0.4, 0.5) is 4.79 Å². The van der Waals surface area contributed by atoms with E-state index >= 15 is 0 Å². The SMILES string of the molecule is C=CC(=O)NCCCCCCNC(=O)OC1CC(C)(C)NC(C)(C)C1. The molecule has 0 aromatic rings. The average Bonchev–Trinajstić information content (AvgIpc) is 2.46. The molecular formula is C19H35N3O3. The molecule has 1 heterocycles. The van der Waals surface area contributed by atoms with Gasteiger partial charge in [-0.3, -0.25) is 4.79 Å². The second kappa shape index (κ2) is 9.80. The Morgan fingerprint density at radius 3 is 2.08 bits per heavy atom. The fourth-order valence-electron chi connectivity index (χ4n) is 3.58. The van der Waals surface area contributed by atoms with Gasteiger partial charge in [0, 0.05) is 37.0 Å². The van der Waals surface area contributed by atoms with Crippen molar-refractivity contribution >= 4 is 12.0 Å². The molecule has 0 aliphatic carbocycles. The Hall–Kier alpha value is -1.56. The van der Waals surface area contributed by atoms with Crippen molar-refractivity contribution in [2.75, 3.05) is 13.1 Å². The summed E-state index contributed by atoms with van der Waals surface area (Å²) in [5.41, 5.74) is -0.0680. The topological polar surface area (TPSA) is 79.5 Å². The van der Waals surface area contributed by atoms with Crippen molar-refractivity contribution in [3.05, 3.63) is 12.7 Å². The van der Waals surface area contributed by atoms with Gasteiger partial charge in [-0.2, -0.15) is 0 Å². The summed E-state index contributed by atoms with van der Waals surface area (Å²) in [6.45, 7) is 13.2. The van der Waals surface area contributed by atoms with Gasteiger partial charge < -0.3 is 20.7 Å². The minimum Gasteiger partial charge on any atom is -0.446 e. The van der Waals surface area contributed by atoms with Crippen LogP contribution in [0.2, 0.25) is 0 Å². The van der Waals surface area contributed by atoms with Gasteiger partial charge >= 0.3 is 6.09 Å². The standard InChI is InChI=1S/C19H35N3O3/c1-6-16(23)20-11-9-7-8-10-12-21-17(24)25-15-13-18(2,3)22-19(4,5)14-15/h6,15,22H,1,7-14H2,2-5H3,(H,20,23)(H,21,24). The van der Waals surface area contributed by atoms with E-state index < -0.39 is 0 Å². The van der Waals surface area contributed by atoms with Crippen LogP contribution >= 0.6 is 0 Å². The van der Waals surface area contributed by atoms with Crippen LogP contribution < -0.4 is 16.0 Å².